The Balaban J connectivity index is 4.27. The number of ether oxygens (including phenoxy) is 1. The SMILES string of the molecule is C=CC(CC(=O)N(C)C)NC(=O)OC(C)(C)C. The van der Waals surface area contributed by atoms with E-state index in [4.69, 9.17) is 4.74 Å². The highest BCUT2D eigenvalue weighted by Crippen LogP contribution is 2.07. The summed E-state index contributed by atoms with van der Waals surface area (Å²) in [6.07, 6.45) is 1.15. The molecule has 0 aromatic rings. The molecular formula is C12H22N2O3. The molecule has 1 atom stereocenters. The van der Waals surface area contributed by atoms with Crippen LogP contribution in [0.3, 0.4) is 0 Å². The van der Waals surface area contributed by atoms with E-state index in [9.17, 15) is 9.59 Å². The molecule has 0 aromatic carbocycles. The number of carbonyl (C=O) groups excluding carboxylic acids is 2. The third-order valence-electron chi connectivity index (χ3n) is 1.88. The topological polar surface area (TPSA) is 58.6 Å². The van der Waals surface area contributed by atoms with Gasteiger partial charge in [0.1, 0.15) is 5.60 Å². The Morgan fingerprint density at radius 1 is 1.41 bits per heavy atom. The maximum absolute atomic E-state index is 11.5. The minimum Gasteiger partial charge on any atom is -0.444 e. The van der Waals surface area contributed by atoms with Crippen molar-refractivity contribution < 1.29 is 14.3 Å². The summed E-state index contributed by atoms with van der Waals surface area (Å²) < 4.78 is 5.09. The van der Waals surface area contributed by atoms with Gasteiger partial charge in [-0.3, -0.25) is 4.79 Å². The Labute approximate surface area is 103 Å². The summed E-state index contributed by atoms with van der Waals surface area (Å²) >= 11 is 0. The van der Waals surface area contributed by atoms with Crippen molar-refractivity contribution in [2.75, 3.05) is 14.1 Å². The van der Waals surface area contributed by atoms with Crippen LogP contribution in [-0.2, 0) is 9.53 Å². The molecule has 0 bridgehead atoms. The number of hydrogen-bond acceptors (Lipinski definition) is 3. The lowest BCUT2D eigenvalue weighted by Crippen LogP contribution is -2.40. The van der Waals surface area contributed by atoms with Crippen LogP contribution in [0.1, 0.15) is 27.2 Å². The fourth-order valence-electron chi connectivity index (χ4n) is 1.02. The molecule has 98 valence electrons. The lowest BCUT2D eigenvalue weighted by molar-refractivity contribution is -0.128. The molecule has 0 fully saturated rings. The summed E-state index contributed by atoms with van der Waals surface area (Å²) in [5.41, 5.74) is -0.554. The molecule has 0 aromatic heterocycles. The van der Waals surface area contributed by atoms with E-state index >= 15 is 0 Å². The van der Waals surface area contributed by atoms with E-state index in [0.717, 1.165) is 0 Å². The molecule has 2 amide bonds. The van der Waals surface area contributed by atoms with Crippen LogP contribution in [0.4, 0.5) is 4.79 Å². The number of carbonyl (C=O) groups is 2. The maximum Gasteiger partial charge on any atom is 0.408 e. The van der Waals surface area contributed by atoms with Gasteiger partial charge in [-0.25, -0.2) is 4.79 Å². The number of alkyl carbamates (subject to hydrolysis) is 1. The lowest BCUT2D eigenvalue weighted by Gasteiger charge is -2.22. The van der Waals surface area contributed by atoms with Crippen LogP contribution in [0.2, 0.25) is 0 Å². The Morgan fingerprint density at radius 3 is 2.29 bits per heavy atom. The summed E-state index contributed by atoms with van der Waals surface area (Å²) in [4.78, 5) is 24.4. The van der Waals surface area contributed by atoms with Gasteiger partial charge in [-0.1, -0.05) is 6.08 Å². The third kappa shape index (κ3) is 7.38. The molecule has 0 spiro atoms. The van der Waals surface area contributed by atoms with Crippen LogP contribution < -0.4 is 5.32 Å². The van der Waals surface area contributed by atoms with E-state index in [1.54, 1.807) is 34.9 Å². The van der Waals surface area contributed by atoms with E-state index in [2.05, 4.69) is 11.9 Å². The molecule has 5 heteroatoms. The van der Waals surface area contributed by atoms with Gasteiger partial charge in [0.15, 0.2) is 0 Å². The zero-order valence-corrected chi connectivity index (χ0v) is 11.2. The normalized spacial score (nSPS) is 12.5. The van der Waals surface area contributed by atoms with Crippen molar-refractivity contribution in [3.63, 3.8) is 0 Å². The predicted molar refractivity (Wildman–Crippen MR) is 66.7 cm³/mol. The molecule has 17 heavy (non-hydrogen) atoms. The molecule has 0 rings (SSSR count). The largest absolute Gasteiger partial charge is 0.444 e. The van der Waals surface area contributed by atoms with E-state index in [1.807, 2.05) is 0 Å². The van der Waals surface area contributed by atoms with Gasteiger partial charge in [0, 0.05) is 14.1 Å². The first kappa shape index (κ1) is 15.5. The zero-order chi connectivity index (χ0) is 13.6. The first-order valence-electron chi connectivity index (χ1n) is 5.48. The standard InChI is InChI=1S/C12H22N2O3/c1-7-9(8-10(15)14(5)6)13-11(16)17-12(2,3)4/h7,9H,1,8H2,2-6H3,(H,13,16). The van der Waals surface area contributed by atoms with Crippen LogP contribution in [0.25, 0.3) is 0 Å². The molecule has 0 saturated heterocycles. The van der Waals surface area contributed by atoms with Crippen molar-refractivity contribution in [2.24, 2.45) is 0 Å². The predicted octanol–water partition coefficient (Wildman–Crippen LogP) is 1.54. The van der Waals surface area contributed by atoms with Crippen LogP contribution >= 0.6 is 0 Å². The van der Waals surface area contributed by atoms with Crippen molar-refractivity contribution in [3.05, 3.63) is 12.7 Å². The fourth-order valence-corrected chi connectivity index (χ4v) is 1.02. The van der Waals surface area contributed by atoms with Gasteiger partial charge in [0.05, 0.1) is 12.5 Å². The van der Waals surface area contributed by atoms with E-state index in [1.165, 1.54) is 11.0 Å². The first-order valence-corrected chi connectivity index (χ1v) is 5.48. The molecule has 1 unspecified atom stereocenters. The molecule has 1 N–H and O–H groups in total. The van der Waals surface area contributed by atoms with Crippen LogP contribution in [0.5, 0.6) is 0 Å². The van der Waals surface area contributed by atoms with E-state index in [-0.39, 0.29) is 12.3 Å². The van der Waals surface area contributed by atoms with Crippen molar-refractivity contribution in [1.29, 1.82) is 0 Å². The second-order valence-electron chi connectivity index (χ2n) is 4.98. The molecule has 5 nitrogen and oxygen atoms in total. The first-order chi connectivity index (χ1) is 7.65. The zero-order valence-electron chi connectivity index (χ0n) is 11.2. The Hall–Kier alpha value is -1.52. The van der Waals surface area contributed by atoms with Gasteiger partial charge in [-0.05, 0) is 20.8 Å². The van der Waals surface area contributed by atoms with Crippen LogP contribution in [0.15, 0.2) is 12.7 Å². The molecule has 0 radical (unpaired) electrons. The number of nitrogens with one attached hydrogen (secondary N) is 1. The van der Waals surface area contributed by atoms with Gasteiger partial charge < -0.3 is 15.0 Å². The Kier molecular flexibility index (Phi) is 5.71. The number of hydrogen-bond donors (Lipinski definition) is 1. The fraction of sp³-hybridized carbons (Fsp3) is 0.667. The quantitative estimate of drug-likeness (QED) is 0.761. The summed E-state index contributed by atoms with van der Waals surface area (Å²) in [6, 6.07) is -0.417. The van der Waals surface area contributed by atoms with Gasteiger partial charge in [0.25, 0.3) is 0 Å². The highest BCUT2D eigenvalue weighted by Gasteiger charge is 2.19. The van der Waals surface area contributed by atoms with Gasteiger partial charge in [-0.2, -0.15) is 0 Å². The smallest absolute Gasteiger partial charge is 0.408 e. The number of amides is 2. The lowest BCUT2D eigenvalue weighted by atomic mass is 10.2. The minimum absolute atomic E-state index is 0.0778. The van der Waals surface area contributed by atoms with Crippen molar-refractivity contribution in [2.45, 2.75) is 38.8 Å². The average Bonchev–Trinajstić information content (AvgIpc) is 2.13. The minimum atomic E-state index is -0.554. The van der Waals surface area contributed by atoms with E-state index < -0.39 is 17.7 Å². The second-order valence-corrected chi connectivity index (χ2v) is 4.98. The highest BCUT2D eigenvalue weighted by molar-refractivity contribution is 5.77. The maximum atomic E-state index is 11.5. The van der Waals surface area contributed by atoms with Crippen LogP contribution in [0, 0.1) is 0 Å². The third-order valence-corrected chi connectivity index (χ3v) is 1.88. The average molecular weight is 242 g/mol. The summed E-state index contributed by atoms with van der Waals surface area (Å²) in [5, 5.41) is 2.58. The Morgan fingerprint density at radius 2 is 1.94 bits per heavy atom. The molecule has 0 heterocycles. The van der Waals surface area contributed by atoms with E-state index in [0.29, 0.717) is 0 Å². The number of rotatable bonds is 4. The molecule has 0 saturated carbocycles. The van der Waals surface area contributed by atoms with Crippen molar-refractivity contribution in [3.8, 4) is 0 Å². The van der Waals surface area contributed by atoms with Crippen molar-refractivity contribution in [1.82, 2.24) is 10.2 Å². The monoisotopic (exact) mass is 242 g/mol. The van der Waals surface area contributed by atoms with Gasteiger partial charge in [0.2, 0.25) is 5.91 Å². The highest BCUT2D eigenvalue weighted by atomic mass is 16.6. The molecule has 0 aliphatic carbocycles. The number of nitrogens with zero attached hydrogens (tertiary/aromatic N) is 1. The molecule has 0 aliphatic heterocycles. The summed E-state index contributed by atoms with van der Waals surface area (Å²) in [5.74, 6) is -0.0778. The second kappa shape index (κ2) is 6.27. The summed E-state index contributed by atoms with van der Waals surface area (Å²) in [7, 11) is 3.33. The van der Waals surface area contributed by atoms with Gasteiger partial charge in [-0.15, -0.1) is 6.58 Å². The molecular weight excluding hydrogens is 220 g/mol. The summed E-state index contributed by atoms with van der Waals surface area (Å²) in [6.45, 7) is 8.92. The van der Waals surface area contributed by atoms with Crippen LogP contribution in [-0.4, -0.2) is 42.6 Å². The van der Waals surface area contributed by atoms with Gasteiger partial charge >= 0.3 is 6.09 Å². The molecule has 0 aliphatic rings. The van der Waals surface area contributed by atoms with Crippen molar-refractivity contribution >= 4 is 12.0 Å². The Bertz CT molecular complexity index is 293.